The fourth-order valence-corrected chi connectivity index (χ4v) is 1.70. The van der Waals surface area contributed by atoms with Crippen molar-refractivity contribution in [1.29, 1.82) is 0 Å². The van der Waals surface area contributed by atoms with E-state index in [1.165, 1.54) is 0 Å². The molecule has 78 valence electrons. The molecular formula is C11H16BrNO. The Hall–Kier alpha value is -0.410. The predicted octanol–water partition coefficient (Wildman–Crippen LogP) is 3.29. The van der Waals surface area contributed by atoms with Crippen LogP contribution in [0, 0.1) is 0 Å². The van der Waals surface area contributed by atoms with Gasteiger partial charge in [0.2, 0.25) is 0 Å². The summed E-state index contributed by atoms with van der Waals surface area (Å²) in [6.07, 6.45) is 0. The second-order valence-electron chi connectivity index (χ2n) is 4.32. The summed E-state index contributed by atoms with van der Waals surface area (Å²) in [5.41, 5.74) is 2.30. The van der Waals surface area contributed by atoms with E-state index in [2.05, 4.69) is 47.8 Å². The molecule has 0 aromatic carbocycles. The molecule has 0 N–H and O–H groups in total. The molecule has 0 bridgehead atoms. The van der Waals surface area contributed by atoms with Gasteiger partial charge >= 0.3 is 0 Å². The molecule has 0 fully saturated rings. The Kier molecular flexibility index (Phi) is 3.67. The first kappa shape index (κ1) is 11.7. The van der Waals surface area contributed by atoms with E-state index in [-0.39, 0.29) is 5.41 Å². The number of aromatic nitrogens is 1. The van der Waals surface area contributed by atoms with E-state index in [1.807, 2.05) is 6.07 Å². The van der Waals surface area contributed by atoms with Crippen molar-refractivity contribution in [3.63, 3.8) is 0 Å². The zero-order valence-electron chi connectivity index (χ0n) is 9.10. The third-order valence-corrected chi connectivity index (χ3v) is 2.40. The zero-order valence-corrected chi connectivity index (χ0v) is 10.7. The molecule has 0 saturated carbocycles. The molecule has 1 rings (SSSR count). The fraction of sp³-hybridized carbons (Fsp3) is 0.545. The molecule has 2 nitrogen and oxygen atoms in total. The summed E-state index contributed by atoms with van der Waals surface area (Å²) >= 11 is 3.39. The Morgan fingerprint density at radius 1 is 1.36 bits per heavy atom. The number of hydrogen-bond donors (Lipinski definition) is 0. The highest BCUT2D eigenvalue weighted by molar-refractivity contribution is 9.10. The van der Waals surface area contributed by atoms with Gasteiger partial charge < -0.3 is 4.74 Å². The van der Waals surface area contributed by atoms with Crippen molar-refractivity contribution in [2.75, 3.05) is 7.11 Å². The lowest BCUT2D eigenvalue weighted by molar-refractivity contribution is 0.182. The molecule has 1 aromatic rings. The van der Waals surface area contributed by atoms with Crippen LogP contribution in [0.2, 0.25) is 0 Å². The molecule has 0 aliphatic heterocycles. The molecule has 0 aliphatic rings. The molecule has 0 saturated heterocycles. The van der Waals surface area contributed by atoms with Gasteiger partial charge in [0.05, 0.1) is 12.3 Å². The van der Waals surface area contributed by atoms with Crippen molar-refractivity contribution in [1.82, 2.24) is 4.98 Å². The van der Waals surface area contributed by atoms with Crippen LogP contribution in [0.1, 0.15) is 32.0 Å². The van der Waals surface area contributed by atoms with E-state index >= 15 is 0 Å². The summed E-state index contributed by atoms with van der Waals surface area (Å²) in [6.45, 7) is 7.08. The number of halogens is 1. The summed E-state index contributed by atoms with van der Waals surface area (Å²) in [5, 5.41) is 0. The maximum atomic E-state index is 5.15. The van der Waals surface area contributed by atoms with Crippen LogP contribution in [0.3, 0.4) is 0 Å². The monoisotopic (exact) mass is 257 g/mol. The molecule has 0 unspecified atom stereocenters. The SMILES string of the molecule is COCc1ccc(Br)nc1C(C)(C)C. The van der Waals surface area contributed by atoms with Crippen molar-refractivity contribution >= 4 is 15.9 Å². The van der Waals surface area contributed by atoms with Gasteiger partial charge in [-0.3, -0.25) is 0 Å². The number of hydrogen-bond acceptors (Lipinski definition) is 2. The Labute approximate surface area is 93.8 Å². The van der Waals surface area contributed by atoms with Gasteiger partial charge in [-0.1, -0.05) is 26.8 Å². The summed E-state index contributed by atoms with van der Waals surface area (Å²) in [5.74, 6) is 0. The van der Waals surface area contributed by atoms with Crippen LogP contribution in [-0.2, 0) is 16.8 Å². The van der Waals surface area contributed by atoms with E-state index in [0.29, 0.717) is 6.61 Å². The zero-order chi connectivity index (χ0) is 10.8. The number of nitrogens with zero attached hydrogens (tertiary/aromatic N) is 1. The Morgan fingerprint density at radius 2 is 2.00 bits per heavy atom. The predicted molar refractivity (Wildman–Crippen MR) is 61.4 cm³/mol. The maximum Gasteiger partial charge on any atom is 0.106 e. The van der Waals surface area contributed by atoms with Crippen LogP contribution >= 0.6 is 15.9 Å². The highest BCUT2D eigenvalue weighted by atomic mass is 79.9. The van der Waals surface area contributed by atoms with E-state index in [4.69, 9.17) is 4.74 Å². The standard InChI is InChI=1S/C11H16BrNO/c1-11(2,3)10-8(7-14-4)5-6-9(12)13-10/h5-6H,7H2,1-4H3. The third kappa shape index (κ3) is 2.79. The van der Waals surface area contributed by atoms with Gasteiger partial charge in [0.1, 0.15) is 4.60 Å². The average Bonchev–Trinajstić information content (AvgIpc) is 2.07. The van der Waals surface area contributed by atoms with Crippen LogP contribution in [0.25, 0.3) is 0 Å². The molecule has 0 radical (unpaired) electrons. The second kappa shape index (κ2) is 4.41. The molecule has 3 heteroatoms. The minimum absolute atomic E-state index is 0.0532. The van der Waals surface area contributed by atoms with Crippen LogP contribution in [-0.4, -0.2) is 12.1 Å². The van der Waals surface area contributed by atoms with Crippen molar-refractivity contribution in [2.45, 2.75) is 32.8 Å². The summed E-state index contributed by atoms with van der Waals surface area (Å²) in [6, 6.07) is 4.00. The highest BCUT2D eigenvalue weighted by Crippen LogP contribution is 2.26. The summed E-state index contributed by atoms with van der Waals surface area (Å²) < 4.78 is 6.03. The summed E-state index contributed by atoms with van der Waals surface area (Å²) in [4.78, 5) is 4.50. The lowest BCUT2D eigenvalue weighted by Gasteiger charge is -2.21. The quantitative estimate of drug-likeness (QED) is 0.759. The molecule has 0 amide bonds. The van der Waals surface area contributed by atoms with Crippen LogP contribution in [0.4, 0.5) is 0 Å². The smallest absolute Gasteiger partial charge is 0.106 e. The number of pyridine rings is 1. The van der Waals surface area contributed by atoms with Gasteiger partial charge in [0.15, 0.2) is 0 Å². The molecular weight excluding hydrogens is 242 g/mol. The van der Waals surface area contributed by atoms with Crippen LogP contribution < -0.4 is 0 Å². The molecule has 1 heterocycles. The number of rotatable bonds is 2. The first-order valence-corrected chi connectivity index (χ1v) is 5.39. The Balaban J connectivity index is 3.16. The average molecular weight is 258 g/mol. The van der Waals surface area contributed by atoms with E-state index in [1.54, 1.807) is 7.11 Å². The van der Waals surface area contributed by atoms with E-state index in [0.717, 1.165) is 15.9 Å². The van der Waals surface area contributed by atoms with Gasteiger partial charge in [0, 0.05) is 12.5 Å². The van der Waals surface area contributed by atoms with Crippen molar-refractivity contribution in [3.05, 3.63) is 28.0 Å². The van der Waals surface area contributed by atoms with Gasteiger partial charge in [-0.05, 0) is 27.6 Å². The molecule has 0 aliphatic carbocycles. The second-order valence-corrected chi connectivity index (χ2v) is 5.14. The van der Waals surface area contributed by atoms with E-state index < -0.39 is 0 Å². The Morgan fingerprint density at radius 3 is 2.50 bits per heavy atom. The molecule has 0 spiro atoms. The molecule has 14 heavy (non-hydrogen) atoms. The number of methoxy groups -OCH3 is 1. The van der Waals surface area contributed by atoms with Gasteiger partial charge in [0.25, 0.3) is 0 Å². The maximum absolute atomic E-state index is 5.15. The topological polar surface area (TPSA) is 22.1 Å². The first-order valence-electron chi connectivity index (χ1n) is 4.60. The van der Waals surface area contributed by atoms with Crippen molar-refractivity contribution < 1.29 is 4.74 Å². The van der Waals surface area contributed by atoms with Crippen molar-refractivity contribution in [3.8, 4) is 0 Å². The van der Waals surface area contributed by atoms with Gasteiger partial charge in [-0.25, -0.2) is 4.98 Å². The van der Waals surface area contributed by atoms with Gasteiger partial charge in [-0.15, -0.1) is 0 Å². The van der Waals surface area contributed by atoms with Crippen molar-refractivity contribution in [2.24, 2.45) is 0 Å². The minimum Gasteiger partial charge on any atom is -0.380 e. The molecule has 0 atom stereocenters. The lowest BCUT2D eigenvalue weighted by atomic mass is 9.88. The van der Waals surface area contributed by atoms with Crippen LogP contribution in [0.15, 0.2) is 16.7 Å². The molecule has 1 aromatic heterocycles. The lowest BCUT2D eigenvalue weighted by Crippen LogP contribution is -2.17. The van der Waals surface area contributed by atoms with Gasteiger partial charge in [-0.2, -0.15) is 0 Å². The van der Waals surface area contributed by atoms with Crippen LogP contribution in [0.5, 0.6) is 0 Å². The normalized spacial score (nSPS) is 11.8. The third-order valence-electron chi connectivity index (χ3n) is 1.96. The Bertz CT molecular complexity index is 318. The minimum atomic E-state index is 0.0532. The largest absolute Gasteiger partial charge is 0.380 e. The fourth-order valence-electron chi connectivity index (χ4n) is 1.39. The van der Waals surface area contributed by atoms with E-state index in [9.17, 15) is 0 Å². The first-order chi connectivity index (χ1) is 6.45. The number of ether oxygens (including phenoxy) is 1. The highest BCUT2D eigenvalue weighted by Gasteiger charge is 2.19. The summed E-state index contributed by atoms with van der Waals surface area (Å²) in [7, 11) is 1.70.